The minimum absolute atomic E-state index is 0.268. The molecule has 1 aliphatic heterocycles. The standard InChI is InChI=1S/C12H18O4S/c13-7-9-6-11(10(14)8-17)16-12(15-9)4-2-1-3-5-12/h6-7,10-11,14,17H,1-5,8H2/t10-,11+/m1/s1. The number of carbonyl (C=O) groups excluding carboxylic acids is 1. The van der Waals surface area contributed by atoms with Crippen LogP contribution in [0.1, 0.15) is 32.1 Å². The first-order chi connectivity index (χ1) is 8.19. The molecule has 1 spiro atoms. The topological polar surface area (TPSA) is 55.8 Å². The highest BCUT2D eigenvalue weighted by molar-refractivity contribution is 7.80. The Morgan fingerprint density at radius 1 is 1.53 bits per heavy atom. The third-order valence-electron chi connectivity index (χ3n) is 3.28. The molecule has 96 valence electrons. The van der Waals surface area contributed by atoms with E-state index in [0.29, 0.717) is 12.0 Å². The Balaban J connectivity index is 2.16. The van der Waals surface area contributed by atoms with Crippen molar-refractivity contribution in [2.24, 2.45) is 0 Å². The van der Waals surface area contributed by atoms with E-state index in [9.17, 15) is 9.90 Å². The highest BCUT2D eigenvalue weighted by atomic mass is 32.1. The first kappa shape index (κ1) is 12.9. The number of aliphatic hydroxyl groups is 1. The fourth-order valence-electron chi connectivity index (χ4n) is 2.38. The molecule has 1 fully saturated rings. The minimum Gasteiger partial charge on any atom is -0.459 e. The minimum atomic E-state index is -0.712. The molecular weight excluding hydrogens is 240 g/mol. The summed E-state index contributed by atoms with van der Waals surface area (Å²) in [6, 6.07) is 0. The van der Waals surface area contributed by atoms with Crippen LogP contribution in [-0.2, 0) is 14.3 Å². The third-order valence-corrected chi connectivity index (χ3v) is 3.66. The molecule has 0 bridgehead atoms. The molecule has 2 atom stereocenters. The monoisotopic (exact) mass is 258 g/mol. The summed E-state index contributed by atoms with van der Waals surface area (Å²) in [6.45, 7) is 0. The number of rotatable bonds is 3. The zero-order valence-corrected chi connectivity index (χ0v) is 10.6. The number of hydrogen-bond donors (Lipinski definition) is 2. The van der Waals surface area contributed by atoms with E-state index in [4.69, 9.17) is 9.47 Å². The average Bonchev–Trinajstić information content (AvgIpc) is 2.38. The van der Waals surface area contributed by atoms with E-state index in [1.165, 1.54) is 6.08 Å². The number of hydrogen-bond acceptors (Lipinski definition) is 5. The zero-order chi connectivity index (χ0) is 12.3. The molecule has 1 aliphatic carbocycles. The van der Waals surface area contributed by atoms with Crippen LogP contribution in [0, 0.1) is 0 Å². The van der Waals surface area contributed by atoms with E-state index in [2.05, 4.69) is 12.6 Å². The summed E-state index contributed by atoms with van der Waals surface area (Å²) in [5.74, 6) is -0.148. The van der Waals surface area contributed by atoms with Crippen molar-refractivity contribution in [1.29, 1.82) is 0 Å². The van der Waals surface area contributed by atoms with E-state index in [1.807, 2.05) is 0 Å². The van der Waals surface area contributed by atoms with Crippen molar-refractivity contribution in [3.05, 3.63) is 11.8 Å². The Morgan fingerprint density at radius 3 is 2.82 bits per heavy atom. The predicted molar refractivity (Wildman–Crippen MR) is 65.8 cm³/mol. The second-order valence-electron chi connectivity index (χ2n) is 4.59. The molecule has 4 nitrogen and oxygen atoms in total. The van der Waals surface area contributed by atoms with E-state index in [1.54, 1.807) is 0 Å². The van der Waals surface area contributed by atoms with Gasteiger partial charge in [0.2, 0.25) is 5.79 Å². The fourth-order valence-corrected chi connectivity index (χ4v) is 2.59. The van der Waals surface area contributed by atoms with Crippen LogP contribution >= 0.6 is 12.6 Å². The summed E-state index contributed by atoms with van der Waals surface area (Å²) in [7, 11) is 0. The van der Waals surface area contributed by atoms with Gasteiger partial charge < -0.3 is 14.6 Å². The van der Waals surface area contributed by atoms with Gasteiger partial charge >= 0.3 is 0 Å². The van der Waals surface area contributed by atoms with Gasteiger partial charge in [-0.2, -0.15) is 12.6 Å². The number of ether oxygens (including phenoxy) is 2. The zero-order valence-electron chi connectivity index (χ0n) is 9.67. The van der Waals surface area contributed by atoms with Gasteiger partial charge in [0.05, 0.1) is 6.10 Å². The van der Waals surface area contributed by atoms with Crippen molar-refractivity contribution >= 4 is 18.9 Å². The van der Waals surface area contributed by atoms with Crippen LogP contribution in [-0.4, -0.2) is 35.1 Å². The maximum atomic E-state index is 10.9. The van der Waals surface area contributed by atoms with Crippen LogP contribution in [0.2, 0.25) is 0 Å². The SMILES string of the molecule is O=CC1=C[C@@H]([C@H](O)CS)OC2(CCCCC2)O1. The lowest BCUT2D eigenvalue weighted by Gasteiger charge is -2.43. The Kier molecular flexibility index (Phi) is 4.12. The summed E-state index contributed by atoms with van der Waals surface area (Å²) in [5.41, 5.74) is 0. The smallest absolute Gasteiger partial charge is 0.211 e. The number of carbonyl (C=O) groups is 1. The van der Waals surface area contributed by atoms with Gasteiger partial charge in [-0.05, 0) is 18.9 Å². The summed E-state index contributed by atoms with van der Waals surface area (Å²) < 4.78 is 11.5. The quantitative estimate of drug-likeness (QED) is 0.594. The molecule has 0 aromatic carbocycles. The molecule has 0 aromatic heterocycles. The van der Waals surface area contributed by atoms with E-state index in [0.717, 1.165) is 32.1 Å². The summed E-state index contributed by atoms with van der Waals surface area (Å²) in [6.07, 6.45) is 5.75. The Morgan fingerprint density at radius 2 is 2.24 bits per heavy atom. The van der Waals surface area contributed by atoms with Crippen LogP contribution in [0.15, 0.2) is 11.8 Å². The highest BCUT2D eigenvalue weighted by Gasteiger charge is 2.42. The fraction of sp³-hybridized carbons (Fsp3) is 0.750. The van der Waals surface area contributed by atoms with Crippen molar-refractivity contribution < 1.29 is 19.4 Å². The van der Waals surface area contributed by atoms with Crippen LogP contribution < -0.4 is 0 Å². The van der Waals surface area contributed by atoms with Crippen molar-refractivity contribution in [1.82, 2.24) is 0 Å². The maximum absolute atomic E-state index is 10.9. The second-order valence-corrected chi connectivity index (χ2v) is 4.96. The van der Waals surface area contributed by atoms with E-state index >= 15 is 0 Å². The summed E-state index contributed by atoms with van der Waals surface area (Å²) >= 11 is 4.05. The average molecular weight is 258 g/mol. The number of allylic oxidation sites excluding steroid dienone is 1. The van der Waals surface area contributed by atoms with Crippen molar-refractivity contribution in [2.75, 3.05) is 5.75 Å². The van der Waals surface area contributed by atoms with Gasteiger partial charge in [0.1, 0.15) is 6.10 Å². The number of aldehydes is 1. The lowest BCUT2D eigenvalue weighted by atomic mass is 9.93. The molecule has 17 heavy (non-hydrogen) atoms. The third kappa shape index (κ3) is 2.84. The molecule has 0 amide bonds. The van der Waals surface area contributed by atoms with E-state index in [-0.39, 0.29) is 5.76 Å². The summed E-state index contributed by atoms with van der Waals surface area (Å²) in [5, 5.41) is 9.79. The van der Waals surface area contributed by atoms with Gasteiger partial charge in [-0.1, -0.05) is 6.42 Å². The molecular formula is C12H18O4S. The van der Waals surface area contributed by atoms with Crippen LogP contribution in [0.5, 0.6) is 0 Å². The number of thiol groups is 1. The normalized spacial score (nSPS) is 29.3. The van der Waals surface area contributed by atoms with Gasteiger partial charge in [0.25, 0.3) is 0 Å². The molecule has 0 radical (unpaired) electrons. The largest absolute Gasteiger partial charge is 0.459 e. The lowest BCUT2D eigenvalue weighted by molar-refractivity contribution is -0.269. The van der Waals surface area contributed by atoms with E-state index < -0.39 is 18.0 Å². The molecule has 0 unspecified atom stereocenters. The van der Waals surface area contributed by atoms with Gasteiger partial charge in [0.15, 0.2) is 12.0 Å². The van der Waals surface area contributed by atoms with Gasteiger partial charge in [0, 0.05) is 18.6 Å². The molecule has 1 N–H and O–H groups in total. The highest BCUT2D eigenvalue weighted by Crippen LogP contribution is 2.38. The molecule has 2 aliphatic rings. The molecule has 1 heterocycles. The van der Waals surface area contributed by atoms with Crippen molar-refractivity contribution in [3.63, 3.8) is 0 Å². The molecule has 1 saturated carbocycles. The molecule has 0 saturated heterocycles. The summed E-state index contributed by atoms with van der Waals surface area (Å²) in [4.78, 5) is 10.9. The molecule has 2 rings (SSSR count). The predicted octanol–water partition coefficient (Wildman–Crippen LogP) is 1.44. The van der Waals surface area contributed by atoms with Gasteiger partial charge in [-0.25, -0.2) is 0 Å². The van der Waals surface area contributed by atoms with Crippen LogP contribution in [0.25, 0.3) is 0 Å². The molecule has 0 aromatic rings. The number of aliphatic hydroxyl groups excluding tert-OH is 1. The Bertz CT molecular complexity index is 310. The lowest BCUT2D eigenvalue weighted by Crippen LogP contribution is -2.47. The second kappa shape index (κ2) is 5.42. The Hall–Kier alpha value is -0.520. The van der Waals surface area contributed by atoms with Crippen LogP contribution in [0.3, 0.4) is 0 Å². The first-order valence-corrected chi connectivity index (χ1v) is 6.65. The van der Waals surface area contributed by atoms with Crippen molar-refractivity contribution in [2.45, 2.75) is 50.1 Å². The van der Waals surface area contributed by atoms with Gasteiger partial charge in [-0.15, -0.1) is 0 Å². The van der Waals surface area contributed by atoms with Crippen molar-refractivity contribution in [3.8, 4) is 0 Å². The van der Waals surface area contributed by atoms with Gasteiger partial charge in [-0.3, -0.25) is 4.79 Å². The Labute approximate surface area is 106 Å². The maximum Gasteiger partial charge on any atom is 0.211 e. The first-order valence-electron chi connectivity index (χ1n) is 6.02. The molecule has 5 heteroatoms. The van der Waals surface area contributed by atoms with Crippen LogP contribution in [0.4, 0.5) is 0 Å².